The van der Waals surface area contributed by atoms with E-state index in [9.17, 15) is 0 Å². The highest BCUT2D eigenvalue weighted by molar-refractivity contribution is 5.85. The summed E-state index contributed by atoms with van der Waals surface area (Å²) in [5, 5.41) is 4.49. The molecule has 1 aliphatic heterocycles. The van der Waals surface area contributed by atoms with Crippen LogP contribution in [0.25, 0.3) is 5.69 Å². The maximum atomic E-state index is 5.83. The fourth-order valence-corrected chi connectivity index (χ4v) is 3.29. The summed E-state index contributed by atoms with van der Waals surface area (Å²) >= 11 is 0. The highest BCUT2D eigenvalue weighted by atomic mass is 35.5. The van der Waals surface area contributed by atoms with Gasteiger partial charge in [-0.3, -0.25) is 4.90 Å². The van der Waals surface area contributed by atoms with Crippen molar-refractivity contribution in [3.05, 3.63) is 42.2 Å². The van der Waals surface area contributed by atoms with E-state index in [-0.39, 0.29) is 12.4 Å². The van der Waals surface area contributed by atoms with E-state index in [0.29, 0.717) is 12.0 Å². The lowest BCUT2D eigenvalue weighted by molar-refractivity contribution is 0.250. The van der Waals surface area contributed by atoms with Gasteiger partial charge in [0.05, 0.1) is 12.8 Å². The molecule has 3 rings (SSSR count). The van der Waals surface area contributed by atoms with Crippen LogP contribution in [0.3, 0.4) is 0 Å². The second kappa shape index (κ2) is 7.81. The van der Waals surface area contributed by atoms with E-state index >= 15 is 0 Å². The number of nitrogens with two attached hydrogens (primary N) is 1. The van der Waals surface area contributed by atoms with Crippen molar-refractivity contribution in [1.82, 2.24) is 14.7 Å². The first-order chi connectivity index (χ1) is 10.7. The lowest BCUT2D eigenvalue weighted by Gasteiger charge is -2.21. The summed E-state index contributed by atoms with van der Waals surface area (Å²) < 4.78 is 7.43. The average molecular weight is 337 g/mol. The number of methoxy groups -OCH3 is 1. The SMILES string of the molecule is COc1ccccc1-n1nccc1CN1CC(CN)CC1C.Cl. The molecular formula is C17H25ClN4O. The summed E-state index contributed by atoms with van der Waals surface area (Å²) in [6, 6.07) is 10.6. The molecule has 1 fully saturated rings. The molecular weight excluding hydrogens is 312 g/mol. The van der Waals surface area contributed by atoms with Gasteiger partial charge in [-0.1, -0.05) is 12.1 Å². The van der Waals surface area contributed by atoms with Crippen molar-refractivity contribution in [1.29, 1.82) is 0 Å². The van der Waals surface area contributed by atoms with E-state index in [1.807, 2.05) is 35.1 Å². The summed E-state index contributed by atoms with van der Waals surface area (Å²) in [5.74, 6) is 1.44. The molecule has 2 unspecified atom stereocenters. The normalized spacial score (nSPS) is 21.2. The Morgan fingerprint density at radius 2 is 2.09 bits per heavy atom. The van der Waals surface area contributed by atoms with Gasteiger partial charge in [-0.05, 0) is 44.0 Å². The number of halogens is 1. The molecule has 1 aromatic carbocycles. The van der Waals surface area contributed by atoms with Crippen molar-refractivity contribution in [2.24, 2.45) is 11.7 Å². The third-order valence-electron chi connectivity index (χ3n) is 4.52. The van der Waals surface area contributed by atoms with Crippen molar-refractivity contribution in [3.63, 3.8) is 0 Å². The molecule has 2 aromatic rings. The number of para-hydroxylation sites is 2. The summed E-state index contributed by atoms with van der Waals surface area (Å²) in [5.41, 5.74) is 7.98. The van der Waals surface area contributed by atoms with Gasteiger partial charge >= 0.3 is 0 Å². The molecule has 2 N–H and O–H groups in total. The minimum atomic E-state index is 0. The molecule has 0 radical (unpaired) electrons. The molecule has 0 amide bonds. The van der Waals surface area contributed by atoms with Crippen molar-refractivity contribution >= 4 is 12.4 Å². The Bertz CT molecular complexity index is 631. The highest BCUT2D eigenvalue weighted by Crippen LogP contribution is 2.27. The third-order valence-corrected chi connectivity index (χ3v) is 4.52. The van der Waals surface area contributed by atoms with Gasteiger partial charge in [0.2, 0.25) is 0 Å². The quantitative estimate of drug-likeness (QED) is 0.911. The minimum Gasteiger partial charge on any atom is -0.494 e. The van der Waals surface area contributed by atoms with Crippen molar-refractivity contribution in [2.75, 3.05) is 20.2 Å². The van der Waals surface area contributed by atoms with Gasteiger partial charge in [0.25, 0.3) is 0 Å². The van der Waals surface area contributed by atoms with E-state index in [1.165, 1.54) is 12.1 Å². The van der Waals surface area contributed by atoms with Crippen LogP contribution in [0.1, 0.15) is 19.0 Å². The Hall–Kier alpha value is -1.56. The zero-order valence-electron chi connectivity index (χ0n) is 13.7. The maximum Gasteiger partial charge on any atom is 0.144 e. The first-order valence-corrected chi connectivity index (χ1v) is 7.83. The maximum absolute atomic E-state index is 5.83. The topological polar surface area (TPSA) is 56.3 Å². The minimum absolute atomic E-state index is 0. The zero-order chi connectivity index (χ0) is 15.5. The lowest BCUT2D eigenvalue weighted by Crippen LogP contribution is -2.28. The summed E-state index contributed by atoms with van der Waals surface area (Å²) in [6.45, 7) is 5.00. The van der Waals surface area contributed by atoms with Gasteiger partial charge in [-0.25, -0.2) is 4.68 Å². The summed E-state index contributed by atoms with van der Waals surface area (Å²) in [4.78, 5) is 2.49. The monoisotopic (exact) mass is 336 g/mol. The Morgan fingerprint density at radius 3 is 2.78 bits per heavy atom. The first kappa shape index (κ1) is 17.8. The highest BCUT2D eigenvalue weighted by Gasteiger charge is 2.28. The zero-order valence-corrected chi connectivity index (χ0v) is 14.5. The van der Waals surface area contributed by atoms with Crippen molar-refractivity contribution in [2.45, 2.75) is 25.9 Å². The molecule has 23 heavy (non-hydrogen) atoms. The Balaban J connectivity index is 0.00000192. The lowest BCUT2D eigenvalue weighted by atomic mass is 10.1. The second-order valence-electron chi connectivity index (χ2n) is 6.02. The van der Waals surface area contributed by atoms with Crippen LogP contribution in [0.5, 0.6) is 5.75 Å². The number of hydrogen-bond donors (Lipinski definition) is 1. The van der Waals surface area contributed by atoms with E-state index in [2.05, 4.69) is 23.0 Å². The van der Waals surface area contributed by atoms with Crippen LogP contribution in [0.15, 0.2) is 36.5 Å². The Kier molecular flexibility index (Phi) is 6.04. The molecule has 126 valence electrons. The number of rotatable bonds is 5. The van der Waals surface area contributed by atoms with Crippen LogP contribution < -0.4 is 10.5 Å². The first-order valence-electron chi connectivity index (χ1n) is 7.83. The van der Waals surface area contributed by atoms with Gasteiger partial charge in [0.1, 0.15) is 11.4 Å². The number of hydrogen-bond acceptors (Lipinski definition) is 4. The van der Waals surface area contributed by atoms with Crippen LogP contribution in [-0.2, 0) is 6.54 Å². The third kappa shape index (κ3) is 3.68. The number of ether oxygens (including phenoxy) is 1. The Labute approximate surface area is 143 Å². The molecule has 0 bridgehead atoms. The smallest absolute Gasteiger partial charge is 0.144 e. The van der Waals surface area contributed by atoms with Crippen LogP contribution >= 0.6 is 12.4 Å². The molecule has 6 heteroatoms. The average Bonchev–Trinajstić information content (AvgIpc) is 3.14. The van der Waals surface area contributed by atoms with Gasteiger partial charge < -0.3 is 10.5 Å². The molecule has 1 aliphatic rings. The molecule has 1 saturated heterocycles. The largest absolute Gasteiger partial charge is 0.494 e. The predicted molar refractivity (Wildman–Crippen MR) is 94.4 cm³/mol. The van der Waals surface area contributed by atoms with Crippen LogP contribution in [0.4, 0.5) is 0 Å². The fraction of sp³-hybridized carbons (Fsp3) is 0.471. The van der Waals surface area contributed by atoms with Gasteiger partial charge in [-0.2, -0.15) is 5.10 Å². The Morgan fingerprint density at radius 1 is 1.30 bits per heavy atom. The van der Waals surface area contributed by atoms with Crippen LogP contribution in [0.2, 0.25) is 0 Å². The van der Waals surface area contributed by atoms with Crippen molar-refractivity contribution in [3.8, 4) is 11.4 Å². The molecule has 0 aliphatic carbocycles. The van der Waals surface area contributed by atoms with Crippen LogP contribution in [-0.4, -0.2) is 40.9 Å². The van der Waals surface area contributed by atoms with E-state index < -0.39 is 0 Å². The van der Waals surface area contributed by atoms with Crippen molar-refractivity contribution < 1.29 is 4.74 Å². The fourth-order valence-electron chi connectivity index (χ4n) is 3.29. The van der Waals surface area contributed by atoms with Gasteiger partial charge in [-0.15, -0.1) is 12.4 Å². The summed E-state index contributed by atoms with van der Waals surface area (Å²) in [7, 11) is 1.69. The van der Waals surface area contributed by atoms with Crippen LogP contribution in [0, 0.1) is 5.92 Å². The number of nitrogens with zero attached hydrogens (tertiary/aromatic N) is 3. The predicted octanol–water partition coefficient (Wildman–Crippen LogP) is 2.47. The number of likely N-dealkylation sites (tertiary alicyclic amines) is 1. The molecule has 2 heterocycles. The van der Waals surface area contributed by atoms with Gasteiger partial charge in [0.15, 0.2) is 0 Å². The van der Waals surface area contributed by atoms with E-state index in [4.69, 9.17) is 10.5 Å². The molecule has 0 saturated carbocycles. The summed E-state index contributed by atoms with van der Waals surface area (Å²) in [6.07, 6.45) is 3.03. The van der Waals surface area contributed by atoms with E-state index in [0.717, 1.165) is 31.1 Å². The number of benzene rings is 1. The second-order valence-corrected chi connectivity index (χ2v) is 6.02. The molecule has 5 nitrogen and oxygen atoms in total. The standard InChI is InChI=1S/C17H24N4O.ClH/c1-13-9-14(10-18)11-20(13)12-15-7-8-19-21(15)16-5-3-4-6-17(16)22-2;/h3-8,13-14H,9-12,18H2,1-2H3;1H. The molecule has 2 atom stereocenters. The molecule has 0 spiro atoms. The molecule has 1 aromatic heterocycles. The van der Waals surface area contributed by atoms with Gasteiger partial charge in [0, 0.05) is 25.3 Å². The van der Waals surface area contributed by atoms with E-state index in [1.54, 1.807) is 7.11 Å². The number of aromatic nitrogens is 2.